The summed E-state index contributed by atoms with van der Waals surface area (Å²) in [6, 6.07) is 9.95. The number of rotatable bonds is 9. The van der Waals surface area contributed by atoms with Crippen LogP contribution in [-0.2, 0) is 4.79 Å². The summed E-state index contributed by atoms with van der Waals surface area (Å²) < 4.78 is 0. The van der Waals surface area contributed by atoms with Gasteiger partial charge in [0.1, 0.15) is 0 Å². The van der Waals surface area contributed by atoms with Crippen LogP contribution in [0.25, 0.3) is 0 Å². The smallest absolute Gasteiger partial charge is 0.236 e. The SMILES string of the molecule is CCN(CCCNC(=O)C(N)CC(C)C)c1ccccc1. The summed E-state index contributed by atoms with van der Waals surface area (Å²) in [6.07, 6.45) is 1.65. The maximum atomic E-state index is 11.8. The minimum absolute atomic E-state index is 0.0357. The van der Waals surface area contributed by atoms with Crippen molar-refractivity contribution >= 4 is 11.6 Å². The summed E-state index contributed by atoms with van der Waals surface area (Å²) >= 11 is 0. The van der Waals surface area contributed by atoms with Gasteiger partial charge in [0.25, 0.3) is 0 Å². The number of para-hydroxylation sites is 1. The van der Waals surface area contributed by atoms with E-state index in [0.29, 0.717) is 12.5 Å². The molecule has 4 heteroatoms. The highest BCUT2D eigenvalue weighted by molar-refractivity contribution is 5.81. The standard InChI is InChI=1S/C17H29N3O/c1-4-20(15-9-6-5-7-10-15)12-8-11-19-17(21)16(18)13-14(2)3/h5-7,9-10,14,16H,4,8,11-13,18H2,1-3H3,(H,19,21). The van der Waals surface area contributed by atoms with E-state index in [1.165, 1.54) is 5.69 Å². The number of nitrogens with two attached hydrogens (primary N) is 1. The Balaban J connectivity index is 2.28. The number of anilines is 1. The highest BCUT2D eigenvalue weighted by Crippen LogP contribution is 2.12. The van der Waals surface area contributed by atoms with Crippen LogP contribution in [0.3, 0.4) is 0 Å². The zero-order valence-electron chi connectivity index (χ0n) is 13.5. The van der Waals surface area contributed by atoms with Crippen LogP contribution in [0.2, 0.25) is 0 Å². The van der Waals surface area contributed by atoms with Crippen molar-refractivity contribution in [2.45, 2.75) is 39.7 Å². The second-order valence-electron chi connectivity index (χ2n) is 5.80. The summed E-state index contributed by atoms with van der Waals surface area (Å²) in [5, 5.41) is 2.93. The number of nitrogens with zero attached hydrogens (tertiary/aromatic N) is 1. The first-order valence-corrected chi connectivity index (χ1v) is 7.87. The fourth-order valence-electron chi connectivity index (χ4n) is 2.34. The van der Waals surface area contributed by atoms with Gasteiger partial charge in [0.2, 0.25) is 5.91 Å². The number of hydrogen-bond donors (Lipinski definition) is 2. The van der Waals surface area contributed by atoms with E-state index in [-0.39, 0.29) is 11.9 Å². The lowest BCUT2D eigenvalue weighted by Gasteiger charge is -2.23. The van der Waals surface area contributed by atoms with Crippen molar-refractivity contribution in [2.75, 3.05) is 24.5 Å². The van der Waals surface area contributed by atoms with Gasteiger partial charge in [-0.15, -0.1) is 0 Å². The zero-order valence-corrected chi connectivity index (χ0v) is 13.5. The zero-order chi connectivity index (χ0) is 15.7. The molecule has 1 amide bonds. The second-order valence-corrected chi connectivity index (χ2v) is 5.80. The summed E-state index contributed by atoms with van der Waals surface area (Å²) in [4.78, 5) is 14.1. The lowest BCUT2D eigenvalue weighted by atomic mass is 10.0. The van der Waals surface area contributed by atoms with E-state index in [9.17, 15) is 4.79 Å². The predicted molar refractivity (Wildman–Crippen MR) is 89.4 cm³/mol. The molecule has 0 aliphatic rings. The largest absolute Gasteiger partial charge is 0.372 e. The molecule has 0 aliphatic heterocycles. The Morgan fingerprint density at radius 2 is 1.95 bits per heavy atom. The fraction of sp³-hybridized carbons (Fsp3) is 0.588. The average molecular weight is 291 g/mol. The van der Waals surface area contributed by atoms with Crippen LogP contribution < -0.4 is 16.0 Å². The van der Waals surface area contributed by atoms with Gasteiger partial charge < -0.3 is 16.0 Å². The van der Waals surface area contributed by atoms with Gasteiger partial charge in [0, 0.05) is 25.3 Å². The predicted octanol–water partition coefficient (Wildman–Crippen LogP) is 2.39. The van der Waals surface area contributed by atoms with Gasteiger partial charge in [-0.3, -0.25) is 4.79 Å². The van der Waals surface area contributed by atoms with Crippen LogP contribution in [-0.4, -0.2) is 31.6 Å². The molecule has 1 aromatic carbocycles. The first kappa shape index (κ1) is 17.5. The topological polar surface area (TPSA) is 58.4 Å². The molecule has 118 valence electrons. The number of amides is 1. The lowest BCUT2D eigenvalue weighted by Crippen LogP contribution is -2.42. The molecule has 0 aliphatic carbocycles. The first-order valence-electron chi connectivity index (χ1n) is 7.87. The normalized spacial score (nSPS) is 12.2. The molecular weight excluding hydrogens is 262 g/mol. The molecule has 0 bridgehead atoms. The van der Waals surface area contributed by atoms with E-state index < -0.39 is 0 Å². The van der Waals surface area contributed by atoms with Crippen LogP contribution in [0, 0.1) is 5.92 Å². The van der Waals surface area contributed by atoms with Crippen molar-refractivity contribution < 1.29 is 4.79 Å². The summed E-state index contributed by atoms with van der Waals surface area (Å²) in [5.74, 6) is 0.408. The molecule has 1 rings (SSSR count). The molecule has 3 N–H and O–H groups in total. The van der Waals surface area contributed by atoms with Gasteiger partial charge in [-0.25, -0.2) is 0 Å². The molecule has 4 nitrogen and oxygen atoms in total. The van der Waals surface area contributed by atoms with Gasteiger partial charge >= 0.3 is 0 Å². The molecule has 0 radical (unpaired) electrons. The number of carbonyl (C=O) groups excluding carboxylic acids is 1. The summed E-state index contributed by atoms with van der Waals surface area (Å²) in [6.45, 7) is 8.86. The van der Waals surface area contributed by atoms with Crippen molar-refractivity contribution in [3.8, 4) is 0 Å². The molecule has 1 atom stereocenters. The maximum Gasteiger partial charge on any atom is 0.236 e. The highest BCUT2D eigenvalue weighted by Gasteiger charge is 2.14. The molecule has 0 aromatic heterocycles. The summed E-state index contributed by atoms with van der Waals surface area (Å²) in [7, 11) is 0. The van der Waals surface area contributed by atoms with Gasteiger partial charge in [-0.1, -0.05) is 32.0 Å². The summed E-state index contributed by atoms with van der Waals surface area (Å²) in [5.41, 5.74) is 7.08. The van der Waals surface area contributed by atoms with E-state index >= 15 is 0 Å². The number of hydrogen-bond acceptors (Lipinski definition) is 3. The van der Waals surface area contributed by atoms with Gasteiger partial charge in [-0.2, -0.15) is 0 Å². The van der Waals surface area contributed by atoms with E-state index in [0.717, 1.165) is 25.9 Å². The van der Waals surface area contributed by atoms with Crippen LogP contribution in [0.5, 0.6) is 0 Å². The van der Waals surface area contributed by atoms with E-state index in [1.807, 2.05) is 18.2 Å². The average Bonchev–Trinajstić information content (AvgIpc) is 2.47. The van der Waals surface area contributed by atoms with Crippen molar-refractivity contribution in [1.29, 1.82) is 0 Å². The molecule has 1 aromatic rings. The van der Waals surface area contributed by atoms with E-state index in [1.54, 1.807) is 0 Å². The molecule has 0 saturated heterocycles. The minimum atomic E-state index is -0.388. The third-order valence-electron chi connectivity index (χ3n) is 3.47. The Morgan fingerprint density at radius 1 is 1.29 bits per heavy atom. The Hall–Kier alpha value is -1.55. The van der Waals surface area contributed by atoms with Crippen molar-refractivity contribution in [3.05, 3.63) is 30.3 Å². The fourth-order valence-corrected chi connectivity index (χ4v) is 2.34. The van der Waals surface area contributed by atoms with E-state index in [2.05, 4.69) is 43.1 Å². The molecule has 21 heavy (non-hydrogen) atoms. The van der Waals surface area contributed by atoms with Crippen LogP contribution >= 0.6 is 0 Å². The Bertz CT molecular complexity index is 406. The van der Waals surface area contributed by atoms with Crippen molar-refractivity contribution in [1.82, 2.24) is 5.32 Å². The second kappa shape index (κ2) is 9.40. The third kappa shape index (κ3) is 6.63. The maximum absolute atomic E-state index is 11.8. The molecule has 0 spiro atoms. The molecule has 0 fully saturated rings. The Labute approximate surface area is 128 Å². The van der Waals surface area contributed by atoms with Crippen LogP contribution in [0.4, 0.5) is 5.69 Å². The Morgan fingerprint density at radius 3 is 2.52 bits per heavy atom. The van der Waals surface area contributed by atoms with Crippen LogP contribution in [0.15, 0.2) is 30.3 Å². The van der Waals surface area contributed by atoms with Gasteiger partial charge in [0.05, 0.1) is 6.04 Å². The van der Waals surface area contributed by atoms with Gasteiger partial charge in [-0.05, 0) is 37.8 Å². The number of carbonyl (C=O) groups is 1. The number of nitrogens with one attached hydrogen (secondary N) is 1. The quantitative estimate of drug-likeness (QED) is 0.687. The number of benzene rings is 1. The molecule has 0 saturated carbocycles. The van der Waals surface area contributed by atoms with E-state index in [4.69, 9.17) is 5.73 Å². The van der Waals surface area contributed by atoms with Crippen molar-refractivity contribution in [2.24, 2.45) is 11.7 Å². The molecular formula is C17H29N3O. The first-order chi connectivity index (χ1) is 10.0. The molecule has 0 heterocycles. The molecule has 1 unspecified atom stereocenters. The van der Waals surface area contributed by atoms with Crippen molar-refractivity contribution in [3.63, 3.8) is 0 Å². The lowest BCUT2D eigenvalue weighted by molar-refractivity contribution is -0.122. The van der Waals surface area contributed by atoms with Gasteiger partial charge in [0.15, 0.2) is 0 Å². The third-order valence-corrected chi connectivity index (χ3v) is 3.47. The highest BCUT2D eigenvalue weighted by atomic mass is 16.2. The van der Waals surface area contributed by atoms with Crippen LogP contribution in [0.1, 0.15) is 33.6 Å². The Kier molecular flexibility index (Phi) is 7.83. The minimum Gasteiger partial charge on any atom is -0.372 e. The monoisotopic (exact) mass is 291 g/mol.